The Labute approximate surface area is 174 Å². The fourth-order valence-corrected chi connectivity index (χ4v) is 3.43. The molecule has 2 heterocycles. The van der Waals surface area contributed by atoms with Gasteiger partial charge in [-0.1, -0.05) is 60.2 Å². The van der Waals surface area contributed by atoms with Crippen LogP contribution >= 0.6 is 0 Å². The Kier molecular flexibility index (Phi) is 5.70. The zero-order valence-electron chi connectivity index (χ0n) is 16.8. The molecule has 0 radical (unpaired) electrons. The Hall–Kier alpha value is -3.74. The molecule has 1 N–H and O–H groups in total. The van der Waals surface area contributed by atoms with Crippen molar-refractivity contribution in [2.75, 3.05) is 6.54 Å². The Balaban J connectivity index is 1.41. The number of amides is 1. The van der Waals surface area contributed by atoms with Crippen molar-refractivity contribution in [3.05, 3.63) is 94.2 Å². The first-order valence-electron chi connectivity index (χ1n) is 9.87. The Morgan fingerprint density at radius 2 is 1.87 bits per heavy atom. The van der Waals surface area contributed by atoms with Crippen LogP contribution in [0.1, 0.15) is 16.7 Å². The minimum absolute atomic E-state index is 0.0499. The second-order valence-electron chi connectivity index (χ2n) is 7.28. The summed E-state index contributed by atoms with van der Waals surface area (Å²) in [5.74, 6) is -0.0499. The van der Waals surface area contributed by atoms with Gasteiger partial charge in [-0.3, -0.25) is 14.2 Å². The Morgan fingerprint density at radius 1 is 1.07 bits per heavy atom. The number of rotatable bonds is 7. The van der Waals surface area contributed by atoms with E-state index in [2.05, 4.69) is 21.5 Å². The minimum atomic E-state index is -0.124. The van der Waals surface area contributed by atoms with Crippen LogP contribution in [0.5, 0.6) is 0 Å². The lowest BCUT2D eigenvalue weighted by Gasteiger charge is -2.08. The van der Waals surface area contributed by atoms with Gasteiger partial charge in [-0.25, -0.2) is 9.67 Å². The van der Waals surface area contributed by atoms with Crippen molar-refractivity contribution in [3.63, 3.8) is 0 Å². The van der Waals surface area contributed by atoms with Crippen LogP contribution < -0.4 is 10.9 Å². The van der Waals surface area contributed by atoms with E-state index in [0.29, 0.717) is 37.1 Å². The zero-order valence-corrected chi connectivity index (χ0v) is 16.8. The average molecular weight is 401 g/mol. The number of hydrogen-bond donors (Lipinski definition) is 1. The highest BCUT2D eigenvalue weighted by Gasteiger charge is 2.11. The number of carbonyl (C=O) groups excluding carboxylic acids is 1. The number of benzene rings is 2. The second-order valence-corrected chi connectivity index (χ2v) is 7.28. The van der Waals surface area contributed by atoms with Crippen molar-refractivity contribution in [1.29, 1.82) is 0 Å². The Morgan fingerprint density at radius 3 is 2.67 bits per heavy atom. The standard InChI is InChI=1S/C23H23N5O2/c1-17-6-5-9-19(12-17)15-27-16-25-22-20(23(27)30)14-26-28(22)11-10-24-21(29)13-18-7-3-2-4-8-18/h2-9,12,14,16H,10-11,13,15H2,1H3,(H,24,29). The van der Waals surface area contributed by atoms with Gasteiger partial charge in [0.1, 0.15) is 11.7 Å². The van der Waals surface area contributed by atoms with Crippen molar-refractivity contribution < 1.29 is 4.79 Å². The number of fused-ring (bicyclic) bond motifs is 1. The predicted octanol–water partition coefficient (Wildman–Crippen LogP) is 2.31. The first-order valence-corrected chi connectivity index (χ1v) is 9.87. The maximum absolute atomic E-state index is 12.8. The molecule has 0 fully saturated rings. The molecule has 0 spiro atoms. The first kappa shape index (κ1) is 19.6. The summed E-state index contributed by atoms with van der Waals surface area (Å²) in [6.07, 6.45) is 3.44. The summed E-state index contributed by atoms with van der Waals surface area (Å²) in [4.78, 5) is 29.3. The molecule has 4 rings (SSSR count). The van der Waals surface area contributed by atoms with Crippen LogP contribution in [0.25, 0.3) is 11.0 Å². The SMILES string of the molecule is Cc1cccc(Cn2cnc3c(cnn3CCNC(=O)Cc3ccccc3)c2=O)c1. The average Bonchev–Trinajstić information content (AvgIpc) is 3.15. The fraction of sp³-hybridized carbons (Fsp3) is 0.217. The molecular weight excluding hydrogens is 378 g/mol. The molecule has 0 atom stereocenters. The van der Waals surface area contributed by atoms with Gasteiger partial charge in [-0.15, -0.1) is 0 Å². The van der Waals surface area contributed by atoms with E-state index in [-0.39, 0.29) is 11.5 Å². The van der Waals surface area contributed by atoms with Crippen molar-refractivity contribution in [1.82, 2.24) is 24.6 Å². The van der Waals surface area contributed by atoms with Gasteiger partial charge in [-0.2, -0.15) is 5.10 Å². The fourth-order valence-electron chi connectivity index (χ4n) is 3.43. The minimum Gasteiger partial charge on any atom is -0.354 e. The smallest absolute Gasteiger partial charge is 0.264 e. The molecule has 7 heteroatoms. The molecule has 0 unspecified atom stereocenters. The summed E-state index contributed by atoms with van der Waals surface area (Å²) < 4.78 is 3.24. The summed E-state index contributed by atoms with van der Waals surface area (Å²) in [6, 6.07) is 17.6. The van der Waals surface area contributed by atoms with Crippen LogP contribution in [0, 0.1) is 6.92 Å². The summed E-state index contributed by atoms with van der Waals surface area (Å²) in [6.45, 7) is 3.34. The lowest BCUT2D eigenvalue weighted by atomic mass is 10.1. The molecule has 0 aliphatic carbocycles. The van der Waals surface area contributed by atoms with Gasteiger partial charge >= 0.3 is 0 Å². The molecular formula is C23H23N5O2. The van der Waals surface area contributed by atoms with E-state index in [4.69, 9.17) is 0 Å². The topological polar surface area (TPSA) is 81.8 Å². The predicted molar refractivity (Wildman–Crippen MR) is 115 cm³/mol. The van der Waals surface area contributed by atoms with E-state index in [1.165, 1.54) is 0 Å². The Bertz CT molecular complexity index is 1230. The molecule has 4 aromatic rings. The number of hydrogen-bond acceptors (Lipinski definition) is 4. The van der Waals surface area contributed by atoms with Crippen LogP contribution in [0.15, 0.2) is 71.9 Å². The highest BCUT2D eigenvalue weighted by Crippen LogP contribution is 2.08. The van der Waals surface area contributed by atoms with Gasteiger partial charge in [0.2, 0.25) is 5.91 Å². The van der Waals surface area contributed by atoms with E-state index in [1.807, 2.05) is 55.5 Å². The largest absolute Gasteiger partial charge is 0.354 e. The molecule has 0 saturated carbocycles. The molecule has 152 valence electrons. The summed E-state index contributed by atoms with van der Waals surface area (Å²) in [5, 5.41) is 7.65. The number of nitrogens with zero attached hydrogens (tertiary/aromatic N) is 4. The van der Waals surface area contributed by atoms with Gasteiger partial charge in [0.15, 0.2) is 5.65 Å². The lowest BCUT2D eigenvalue weighted by Crippen LogP contribution is -2.29. The lowest BCUT2D eigenvalue weighted by molar-refractivity contribution is -0.120. The van der Waals surface area contributed by atoms with Crippen LogP contribution in [-0.2, 0) is 24.3 Å². The van der Waals surface area contributed by atoms with Gasteiger partial charge < -0.3 is 5.32 Å². The first-order chi connectivity index (χ1) is 14.6. The molecule has 0 saturated heterocycles. The van der Waals surface area contributed by atoms with Crippen molar-refractivity contribution in [3.8, 4) is 0 Å². The van der Waals surface area contributed by atoms with Gasteiger partial charge in [-0.05, 0) is 18.1 Å². The quantitative estimate of drug-likeness (QED) is 0.515. The molecule has 1 amide bonds. The zero-order chi connectivity index (χ0) is 20.9. The maximum Gasteiger partial charge on any atom is 0.264 e. The maximum atomic E-state index is 12.8. The van der Waals surface area contributed by atoms with Crippen LogP contribution in [0.2, 0.25) is 0 Å². The summed E-state index contributed by atoms with van der Waals surface area (Å²) in [5.41, 5.74) is 3.57. The van der Waals surface area contributed by atoms with Crippen LogP contribution in [0.3, 0.4) is 0 Å². The van der Waals surface area contributed by atoms with Gasteiger partial charge in [0.25, 0.3) is 5.56 Å². The third-order valence-electron chi connectivity index (χ3n) is 4.91. The molecule has 30 heavy (non-hydrogen) atoms. The number of nitrogens with one attached hydrogen (secondary N) is 1. The molecule has 2 aromatic carbocycles. The van der Waals surface area contributed by atoms with Crippen molar-refractivity contribution in [2.45, 2.75) is 26.4 Å². The number of aromatic nitrogens is 4. The number of aryl methyl sites for hydroxylation is 1. The molecule has 0 aliphatic rings. The second kappa shape index (κ2) is 8.73. The molecule has 2 aromatic heterocycles. The van der Waals surface area contributed by atoms with E-state index in [9.17, 15) is 9.59 Å². The third kappa shape index (κ3) is 4.46. The van der Waals surface area contributed by atoms with Crippen molar-refractivity contribution in [2.24, 2.45) is 0 Å². The monoisotopic (exact) mass is 401 g/mol. The molecule has 7 nitrogen and oxygen atoms in total. The van der Waals surface area contributed by atoms with E-state index in [1.54, 1.807) is 21.8 Å². The summed E-state index contributed by atoms with van der Waals surface area (Å²) >= 11 is 0. The molecule has 0 bridgehead atoms. The van der Waals surface area contributed by atoms with E-state index >= 15 is 0 Å². The van der Waals surface area contributed by atoms with E-state index in [0.717, 1.165) is 16.7 Å². The van der Waals surface area contributed by atoms with Gasteiger partial charge in [0, 0.05) is 6.54 Å². The molecule has 0 aliphatic heterocycles. The number of carbonyl (C=O) groups is 1. The van der Waals surface area contributed by atoms with Crippen LogP contribution in [-0.4, -0.2) is 31.8 Å². The summed E-state index contributed by atoms with van der Waals surface area (Å²) in [7, 11) is 0. The van der Waals surface area contributed by atoms with E-state index < -0.39 is 0 Å². The van der Waals surface area contributed by atoms with Crippen LogP contribution in [0.4, 0.5) is 0 Å². The van der Waals surface area contributed by atoms with Crippen molar-refractivity contribution >= 4 is 16.9 Å². The van der Waals surface area contributed by atoms with Gasteiger partial charge in [0.05, 0.1) is 25.7 Å². The highest BCUT2D eigenvalue weighted by atomic mass is 16.1. The normalized spacial score (nSPS) is 11.0. The third-order valence-corrected chi connectivity index (χ3v) is 4.91. The highest BCUT2D eigenvalue weighted by molar-refractivity contribution is 5.78.